The van der Waals surface area contributed by atoms with Gasteiger partial charge in [0.1, 0.15) is 0 Å². The van der Waals surface area contributed by atoms with Gasteiger partial charge in [0.25, 0.3) is 0 Å². The lowest BCUT2D eigenvalue weighted by atomic mass is 10.0. The zero-order valence-electron chi connectivity index (χ0n) is 7.96. The molecule has 0 aromatic carbocycles. The highest BCUT2D eigenvalue weighted by molar-refractivity contribution is 5.51. The van der Waals surface area contributed by atoms with Gasteiger partial charge >= 0.3 is 6.18 Å². The Kier molecular flexibility index (Phi) is 3.52. The van der Waals surface area contributed by atoms with Crippen LogP contribution in [0.2, 0.25) is 0 Å². The van der Waals surface area contributed by atoms with Gasteiger partial charge in [0.15, 0.2) is 0 Å². The number of nitrogens with zero attached hydrogens (tertiary/aromatic N) is 1. The van der Waals surface area contributed by atoms with Gasteiger partial charge in [-0.1, -0.05) is 18.2 Å². The van der Waals surface area contributed by atoms with Crippen LogP contribution < -0.4 is 5.84 Å². The molecule has 0 saturated carbocycles. The van der Waals surface area contributed by atoms with Crippen LogP contribution in [0.1, 0.15) is 12.8 Å². The first-order chi connectivity index (χ1) is 6.92. The van der Waals surface area contributed by atoms with Crippen molar-refractivity contribution in [3.63, 3.8) is 0 Å². The molecule has 15 heavy (non-hydrogen) atoms. The average Bonchev–Trinajstić information content (AvgIpc) is 2.15. The summed E-state index contributed by atoms with van der Waals surface area (Å²) in [5.74, 6) is 5.41. The highest BCUT2D eigenvalue weighted by Gasteiger charge is 2.28. The lowest BCUT2D eigenvalue weighted by Crippen LogP contribution is -2.38. The minimum Gasteiger partial charge on any atom is -0.294 e. The molecule has 0 bridgehead atoms. The third kappa shape index (κ3) is 3.75. The van der Waals surface area contributed by atoms with Crippen LogP contribution in [-0.2, 0) is 0 Å². The molecule has 0 aromatic heterocycles. The molecule has 3 N–H and O–H groups in total. The highest BCUT2D eigenvalue weighted by atomic mass is 19.4. The number of halogens is 3. The maximum absolute atomic E-state index is 12.0. The van der Waals surface area contributed by atoms with Crippen LogP contribution in [0.5, 0.6) is 0 Å². The number of allylic oxidation sites excluding steroid dienone is 2. The molecule has 0 amide bonds. The Labute approximate surface area is 85.5 Å². The summed E-state index contributed by atoms with van der Waals surface area (Å²) in [6, 6.07) is -0.223. The van der Waals surface area contributed by atoms with E-state index >= 15 is 0 Å². The first-order valence-electron chi connectivity index (χ1n) is 4.40. The molecule has 1 aliphatic rings. The minimum atomic E-state index is -4.17. The Bertz CT molecular complexity index is 293. The highest BCUT2D eigenvalue weighted by Crippen LogP contribution is 2.27. The van der Waals surface area contributed by atoms with E-state index in [1.54, 1.807) is 6.08 Å². The van der Waals surface area contributed by atoms with Crippen molar-refractivity contribution < 1.29 is 13.2 Å². The number of hydrazine groups is 1. The molecule has 84 valence electrons. The van der Waals surface area contributed by atoms with Crippen LogP contribution in [0.25, 0.3) is 0 Å². The molecule has 0 aromatic rings. The number of alkyl halides is 3. The quantitative estimate of drug-likeness (QED) is 0.330. The first kappa shape index (κ1) is 11.8. The predicted octanol–water partition coefficient (Wildman–Crippen LogP) is 1.98. The van der Waals surface area contributed by atoms with Crippen LogP contribution in [-0.4, -0.2) is 23.6 Å². The zero-order valence-corrected chi connectivity index (χ0v) is 7.96. The molecule has 0 radical (unpaired) electrons. The van der Waals surface area contributed by atoms with E-state index in [9.17, 15) is 13.2 Å². The predicted molar refractivity (Wildman–Crippen MR) is 51.1 cm³/mol. The Balaban J connectivity index is 2.54. The average molecular weight is 219 g/mol. The van der Waals surface area contributed by atoms with Gasteiger partial charge in [0.2, 0.25) is 0 Å². The van der Waals surface area contributed by atoms with E-state index in [4.69, 9.17) is 11.3 Å². The second-order valence-corrected chi connectivity index (χ2v) is 3.31. The number of nitrogens with one attached hydrogen (secondary N) is 1. The van der Waals surface area contributed by atoms with E-state index in [0.29, 0.717) is 6.42 Å². The summed E-state index contributed by atoms with van der Waals surface area (Å²) in [6.07, 6.45) is 0.738. The number of rotatable bonds is 3. The van der Waals surface area contributed by atoms with Crippen molar-refractivity contribution in [2.45, 2.75) is 25.1 Å². The smallest absolute Gasteiger partial charge is 0.294 e. The molecule has 3 nitrogen and oxygen atoms in total. The number of hydrogen-bond acceptors (Lipinski definition) is 2. The van der Waals surface area contributed by atoms with E-state index in [1.165, 1.54) is 12.2 Å². The van der Waals surface area contributed by atoms with Crippen molar-refractivity contribution in [3.05, 3.63) is 23.8 Å². The summed E-state index contributed by atoms with van der Waals surface area (Å²) in [7, 11) is 0. The molecule has 0 aliphatic heterocycles. The molecular formula is C9H12F3N3. The van der Waals surface area contributed by atoms with Gasteiger partial charge in [0, 0.05) is 0 Å². The summed E-state index contributed by atoms with van der Waals surface area (Å²) in [6.45, 7) is 0. The lowest BCUT2D eigenvalue weighted by molar-refractivity contribution is -0.126. The van der Waals surface area contributed by atoms with E-state index in [0.717, 1.165) is 11.3 Å². The third-order valence-electron chi connectivity index (χ3n) is 2.09. The second kappa shape index (κ2) is 4.48. The number of nitrogens with two attached hydrogens (primary N) is 1. The molecule has 0 fully saturated rings. The van der Waals surface area contributed by atoms with Gasteiger partial charge in [0.05, 0.1) is 18.8 Å². The largest absolute Gasteiger partial charge is 0.393 e. The molecule has 0 saturated heterocycles. The van der Waals surface area contributed by atoms with Gasteiger partial charge in [-0.15, -0.1) is 0 Å². The van der Waals surface area contributed by atoms with Crippen LogP contribution >= 0.6 is 0 Å². The molecule has 0 unspecified atom stereocenters. The Morgan fingerprint density at radius 3 is 2.67 bits per heavy atom. The standard InChI is InChI=1S/C9H12F3N3/c10-9(11,12)5-7-1-3-8(4-2-7)15(14)6-13/h1-3,6,8,13H,4-5,14H2/t8-/m0/s1. The number of hydrogen-bond donors (Lipinski definition) is 2. The maximum Gasteiger partial charge on any atom is 0.393 e. The molecule has 1 aliphatic carbocycles. The lowest BCUT2D eigenvalue weighted by Gasteiger charge is -2.23. The Morgan fingerprint density at radius 2 is 2.27 bits per heavy atom. The van der Waals surface area contributed by atoms with E-state index in [-0.39, 0.29) is 11.6 Å². The first-order valence-corrected chi connectivity index (χ1v) is 4.40. The van der Waals surface area contributed by atoms with Gasteiger partial charge in [-0.05, 0) is 12.0 Å². The molecule has 0 heterocycles. The van der Waals surface area contributed by atoms with Gasteiger partial charge < -0.3 is 0 Å². The topological polar surface area (TPSA) is 53.1 Å². The SMILES string of the molecule is N=CN(N)[C@H]1C=CC(CC(F)(F)F)=CC1. The second-order valence-electron chi connectivity index (χ2n) is 3.31. The summed E-state index contributed by atoms with van der Waals surface area (Å²) in [5.41, 5.74) is 0.247. The minimum absolute atomic E-state index is 0.223. The Hall–Kier alpha value is -1.30. The molecule has 0 spiro atoms. The normalized spacial score (nSPS) is 21.1. The molecular weight excluding hydrogens is 207 g/mol. The van der Waals surface area contributed by atoms with Gasteiger partial charge in [-0.2, -0.15) is 13.2 Å². The van der Waals surface area contributed by atoms with E-state index < -0.39 is 12.6 Å². The summed E-state index contributed by atoms with van der Waals surface area (Å²) in [5, 5.41) is 8.03. The van der Waals surface area contributed by atoms with Crippen LogP contribution in [0.15, 0.2) is 23.8 Å². The fourth-order valence-corrected chi connectivity index (χ4v) is 1.33. The van der Waals surface area contributed by atoms with Crippen molar-refractivity contribution >= 4 is 6.34 Å². The van der Waals surface area contributed by atoms with Crippen LogP contribution in [0.3, 0.4) is 0 Å². The molecule has 1 rings (SSSR count). The van der Waals surface area contributed by atoms with Crippen LogP contribution in [0, 0.1) is 5.41 Å². The maximum atomic E-state index is 12.0. The zero-order chi connectivity index (χ0) is 11.5. The van der Waals surface area contributed by atoms with Crippen LogP contribution in [0.4, 0.5) is 13.2 Å². The van der Waals surface area contributed by atoms with Crippen molar-refractivity contribution in [2.24, 2.45) is 5.84 Å². The summed E-state index contributed by atoms with van der Waals surface area (Å²) < 4.78 is 36.0. The van der Waals surface area contributed by atoms with Gasteiger partial charge in [-0.3, -0.25) is 10.4 Å². The van der Waals surface area contributed by atoms with E-state index in [2.05, 4.69) is 0 Å². The molecule has 6 heteroatoms. The molecule has 1 atom stereocenters. The van der Waals surface area contributed by atoms with E-state index in [1.807, 2.05) is 0 Å². The summed E-state index contributed by atoms with van der Waals surface area (Å²) in [4.78, 5) is 0. The third-order valence-corrected chi connectivity index (χ3v) is 2.09. The van der Waals surface area contributed by atoms with Crippen molar-refractivity contribution in [2.75, 3.05) is 0 Å². The van der Waals surface area contributed by atoms with Crippen molar-refractivity contribution in [1.29, 1.82) is 5.41 Å². The monoisotopic (exact) mass is 219 g/mol. The van der Waals surface area contributed by atoms with Gasteiger partial charge in [-0.25, -0.2) is 5.84 Å². The van der Waals surface area contributed by atoms with Crippen molar-refractivity contribution in [3.8, 4) is 0 Å². The fraction of sp³-hybridized carbons (Fsp3) is 0.444. The fourth-order valence-electron chi connectivity index (χ4n) is 1.33. The summed E-state index contributed by atoms with van der Waals surface area (Å²) >= 11 is 0. The Morgan fingerprint density at radius 1 is 1.60 bits per heavy atom. The van der Waals surface area contributed by atoms with Crippen molar-refractivity contribution in [1.82, 2.24) is 5.01 Å².